The molecule has 1 rings (SSSR count). The third kappa shape index (κ3) is 7.44. The highest BCUT2D eigenvalue weighted by atomic mass is 16.5. The number of nitrogens with zero attached hydrogens (tertiary/aromatic N) is 1. The third-order valence-corrected chi connectivity index (χ3v) is 3.35. The van der Waals surface area contributed by atoms with Crippen molar-refractivity contribution in [3.05, 3.63) is 35.4 Å². The van der Waals surface area contributed by atoms with E-state index < -0.39 is 11.9 Å². The highest BCUT2D eigenvalue weighted by Crippen LogP contribution is 2.07. The van der Waals surface area contributed by atoms with E-state index in [4.69, 9.17) is 4.74 Å². The minimum atomic E-state index is -0.485. The number of hydrogen-bond donors (Lipinski definition) is 1. The fourth-order valence-corrected chi connectivity index (χ4v) is 1.79. The molecule has 0 saturated carbocycles. The Hall–Kier alpha value is -2.37. The molecule has 0 saturated heterocycles. The lowest BCUT2D eigenvalue weighted by molar-refractivity contribution is -0.148. The predicted molar refractivity (Wildman–Crippen MR) is 86.8 cm³/mol. The molecule has 0 radical (unpaired) electrons. The third-order valence-electron chi connectivity index (χ3n) is 3.35. The summed E-state index contributed by atoms with van der Waals surface area (Å²) in [4.78, 5) is 35.7. The molecule has 1 aromatic carbocycles. The molecule has 1 aromatic rings. The molecule has 126 valence electrons. The average Bonchev–Trinajstić information content (AvgIpc) is 2.56. The first kappa shape index (κ1) is 18.7. The van der Waals surface area contributed by atoms with Gasteiger partial charge in [-0.05, 0) is 24.0 Å². The number of ether oxygens (including phenoxy) is 1. The summed E-state index contributed by atoms with van der Waals surface area (Å²) in [5, 5.41) is 2.40. The van der Waals surface area contributed by atoms with Crippen molar-refractivity contribution in [2.24, 2.45) is 0 Å². The molecule has 0 bridgehead atoms. The molecule has 0 aliphatic heterocycles. The average molecular weight is 320 g/mol. The minimum Gasteiger partial charge on any atom is -0.456 e. The van der Waals surface area contributed by atoms with Crippen LogP contribution < -0.4 is 5.32 Å². The maximum atomic E-state index is 11.6. The molecule has 0 aliphatic rings. The summed E-state index contributed by atoms with van der Waals surface area (Å²) in [6.07, 6.45) is 1.77. The van der Waals surface area contributed by atoms with E-state index in [1.165, 1.54) is 10.5 Å². The van der Waals surface area contributed by atoms with E-state index in [-0.39, 0.29) is 25.5 Å². The Morgan fingerprint density at radius 1 is 1.09 bits per heavy atom. The minimum absolute atomic E-state index is 0.104. The maximum absolute atomic E-state index is 11.6. The van der Waals surface area contributed by atoms with Crippen LogP contribution in [-0.2, 0) is 32.0 Å². The quantitative estimate of drug-likeness (QED) is 0.723. The number of nitrogens with one attached hydrogen (secondary N) is 1. The van der Waals surface area contributed by atoms with Gasteiger partial charge in [-0.3, -0.25) is 14.4 Å². The first-order chi connectivity index (χ1) is 10.9. The van der Waals surface area contributed by atoms with Gasteiger partial charge in [0.15, 0.2) is 6.61 Å². The molecule has 0 unspecified atom stereocenters. The topological polar surface area (TPSA) is 75.7 Å². The Morgan fingerprint density at radius 3 is 2.26 bits per heavy atom. The highest BCUT2D eigenvalue weighted by molar-refractivity contribution is 5.86. The van der Waals surface area contributed by atoms with E-state index in [0.717, 1.165) is 12.0 Å². The lowest BCUT2D eigenvalue weighted by Gasteiger charge is -2.11. The summed E-state index contributed by atoms with van der Waals surface area (Å²) in [5.41, 5.74) is 2.31. The largest absolute Gasteiger partial charge is 0.456 e. The number of carbonyl (C=O) groups is 3. The van der Waals surface area contributed by atoms with Gasteiger partial charge in [0, 0.05) is 20.5 Å². The van der Waals surface area contributed by atoms with Crippen LogP contribution in [0.25, 0.3) is 0 Å². The second kappa shape index (κ2) is 9.61. The summed E-state index contributed by atoms with van der Waals surface area (Å²) in [5.74, 6) is -1.14. The molecule has 23 heavy (non-hydrogen) atoms. The smallest absolute Gasteiger partial charge is 0.306 e. The number of rotatable bonds is 8. The van der Waals surface area contributed by atoms with Crippen LogP contribution in [-0.4, -0.2) is 49.9 Å². The Kier molecular flexibility index (Phi) is 7.80. The van der Waals surface area contributed by atoms with Gasteiger partial charge in [-0.15, -0.1) is 0 Å². The number of amides is 2. The predicted octanol–water partition coefficient (Wildman–Crippen LogP) is 0.929. The molecular formula is C17H24N2O4. The van der Waals surface area contributed by atoms with Crippen molar-refractivity contribution in [1.29, 1.82) is 0 Å². The molecule has 0 aliphatic carbocycles. The van der Waals surface area contributed by atoms with Gasteiger partial charge < -0.3 is 15.0 Å². The van der Waals surface area contributed by atoms with Crippen molar-refractivity contribution in [2.45, 2.75) is 26.2 Å². The van der Waals surface area contributed by atoms with Gasteiger partial charge in [0.25, 0.3) is 5.91 Å². The Bertz CT molecular complexity index is 538. The molecule has 2 amide bonds. The molecule has 6 heteroatoms. The number of carbonyl (C=O) groups excluding carboxylic acids is 3. The molecule has 0 fully saturated rings. The maximum Gasteiger partial charge on any atom is 0.306 e. The summed E-state index contributed by atoms with van der Waals surface area (Å²) >= 11 is 0. The van der Waals surface area contributed by atoms with Gasteiger partial charge in [0.2, 0.25) is 5.91 Å². The van der Waals surface area contributed by atoms with Crippen LogP contribution in [0.15, 0.2) is 24.3 Å². The van der Waals surface area contributed by atoms with Crippen LogP contribution in [0, 0.1) is 0 Å². The van der Waals surface area contributed by atoms with Crippen molar-refractivity contribution in [2.75, 3.05) is 27.2 Å². The van der Waals surface area contributed by atoms with Crippen LogP contribution in [0.1, 0.15) is 24.5 Å². The molecule has 0 aromatic heterocycles. The SMILES string of the molecule is CCc1ccc(CCC(=O)OCC(=O)NCC(=O)N(C)C)cc1. The highest BCUT2D eigenvalue weighted by Gasteiger charge is 2.10. The molecule has 0 heterocycles. The Morgan fingerprint density at radius 2 is 1.70 bits per heavy atom. The van der Waals surface area contributed by atoms with Crippen molar-refractivity contribution in [3.8, 4) is 0 Å². The second-order valence-electron chi connectivity index (χ2n) is 5.40. The van der Waals surface area contributed by atoms with Crippen molar-refractivity contribution in [3.63, 3.8) is 0 Å². The summed E-state index contributed by atoms with van der Waals surface area (Å²) in [6, 6.07) is 8.06. The number of likely N-dealkylation sites (N-methyl/N-ethyl adjacent to an activating group) is 1. The molecule has 0 spiro atoms. The zero-order valence-corrected chi connectivity index (χ0v) is 13.9. The lowest BCUT2D eigenvalue weighted by Crippen LogP contribution is -2.38. The molecule has 6 nitrogen and oxygen atoms in total. The lowest BCUT2D eigenvalue weighted by atomic mass is 10.1. The monoisotopic (exact) mass is 320 g/mol. The number of hydrogen-bond acceptors (Lipinski definition) is 4. The van der Waals surface area contributed by atoms with Crippen LogP contribution in [0.4, 0.5) is 0 Å². The zero-order chi connectivity index (χ0) is 17.2. The first-order valence-electron chi connectivity index (χ1n) is 7.62. The van der Waals surface area contributed by atoms with Gasteiger partial charge in [-0.1, -0.05) is 31.2 Å². The standard InChI is InChI=1S/C17H24N2O4/c1-4-13-5-7-14(8-6-13)9-10-17(22)23-12-15(20)18-11-16(21)19(2)3/h5-8H,4,9-12H2,1-3H3,(H,18,20). The Labute approximate surface area is 136 Å². The van der Waals surface area contributed by atoms with Gasteiger partial charge >= 0.3 is 5.97 Å². The van der Waals surface area contributed by atoms with E-state index >= 15 is 0 Å². The van der Waals surface area contributed by atoms with E-state index in [1.807, 2.05) is 24.3 Å². The summed E-state index contributed by atoms with van der Waals surface area (Å²) < 4.78 is 4.89. The van der Waals surface area contributed by atoms with E-state index in [1.54, 1.807) is 14.1 Å². The van der Waals surface area contributed by atoms with E-state index in [9.17, 15) is 14.4 Å². The Balaban J connectivity index is 2.23. The van der Waals surface area contributed by atoms with E-state index in [2.05, 4.69) is 12.2 Å². The molecule has 1 N–H and O–H groups in total. The van der Waals surface area contributed by atoms with Crippen molar-refractivity contribution in [1.82, 2.24) is 10.2 Å². The summed E-state index contributed by atoms with van der Waals surface area (Å²) in [7, 11) is 3.20. The fourth-order valence-electron chi connectivity index (χ4n) is 1.79. The van der Waals surface area contributed by atoms with Crippen molar-refractivity contribution >= 4 is 17.8 Å². The van der Waals surface area contributed by atoms with Gasteiger partial charge in [0.1, 0.15) is 0 Å². The van der Waals surface area contributed by atoms with Crippen LogP contribution in [0.2, 0.25) is 0 Å². The van der Waals surface area contributed by atoms with Gasteiger partial charge in [-0.25, -0.2) is 0 Å². The first-order valence-corrected chi connectivity index (χ1v) is 7.62. The van der Waals surface area contributed by atoms with Crippen LogP contribution in [0.3, 0.4) is 0 Å². The number of esters is 1. The van der Waals surface area contributed by atoms with E-state index in [0.29, 0.717) is 6.42 Å². The second-order valence-corrected chi connectivity index (χ2v) is 5.40. The molecule has 0 atom stereocenters. The fraction of sp³-hybridized carbons (Fsp3) is 0.471. The summed E-state index contributed by atoms with van der Waals surface area (Å²) in [6.45, 7) is 1.62. The zero-order valence-electron chi connectivity index (χ0n) is 13.9. The number of aryl methyl sites for hydroxylation is 2. The molecular weight excluding hydrogens is 296 g/mol. The normalized spacial score (nSPS) is 10.0. The van der Waals surface area contributed by atoms with Crippen LogP contribution >= 0.6 is 0 Å². The van der Waals surface area contributed by atoms with Crippen molar-refractivity contribution < 1.29 is 19.1 Å². The van der Waals surface area contributed by atoms with Crippen LogP contribution in [0.5, 0.6) is 0 Å². The van der Waals surface area contributed by atoms with Gasteiger partial charge in [-0.2, -0.15) is 0 Å². The number of benzene rings is 1. The van der Waals surface area contributed by atoms with Gasteiger partial charge in [0.05, 0.1) is 6.54 Å².